The molecule has 0 aromatic heterocycles. The minimum atomic E-state index is -3.49. The van der Waals surface area contributed by atoms with Crippen molar-refractivity contribution in [3.8, 4) is 0 Å². The molecule has 0 radical (unpaired) electrons. The van der Waals surface area contributed by atoms with Crippen LogP contribution in [0.25, 0.3) is 0 Å². The summed E-state index contributed by atoms with van der Waals surface area (Å²) in [4.78, 5) is 12.5. The first-order chi connectivity index (χ1) is 13.2. The predicted molar refractivity (Wildman–Crippen MR) is 116 cm³/mol. The van der Waals surface area contributed by atoms with Crippen molar-refractivity contribution in [2.45, 2.75) is 18.6 Å². The van der Waals surface area contributed by atoms with Crippen molar-refractivity contribution >= 4 is 60.7 Å². The highest BCUT2D eigenvalue weighted by Gasteiger charge is 2.31. The van der Waals surface area contributed by atoms with Gasteiger partial charge in [0, 0.05) is 29.2 Å². The van der Waals surface area contributed by atoms with E-state index in [-0.39, 0.29) is 17.6 Å². The molecule has 0 saturated carbocycles. The van der Waals surface area contributed by atoms with Crippen LogP contribution >= 0.6 is 39.1 Å². The predicted octanol–water partition coefficient (Wildman–Crippen LogP) is 4.94. The lowest BCUT2D eigenvalue weighted by molar-refractivity contribution is -0.120. The molecule has 1 N–H and O–H groups in total. The van der Waals surface area contributed by atoms with Gasteiger partial charge >= 0.3 is 0 Å². The molecule has 1 fully saturated rings. The summed E-state index contributed by atoms with van der Waals surface area (Å²) in [6.07, 6.45) is 0.973. The van der Waals surface area contributed by atoms with Gasteiger partial charge in [-0.2, -0.15) is 0 Å². The maximum Gasteiger partial charge on any atom is 0.227 e. The molecule has 28 heavy (non-hydrogen) atoms. The molecule has 3 rings (SSSR count). The second-order valence-corrected chi connectivity index (χ2v) is 10.4. The van der Waals surface area contributed by atoms with Crippen molar-refractivity contribution in [1.82, 2.24) is 4.31 Å². The summed E-state index contributed by atoms with van der Waals surface area (Å²) < 4.78 is 27.7. The Balaban J connectivity index is 1.57. The number of nitrogens with zero attached hydrogens (tertiary/aromatic N) is 1. The molecule has 1 saturated heterocycles. The average Bonchev–Trinajstić information content (AvgIpc) is 2.65. The number of carbonyl (C=O) groups is 1. The molecule has 0 spiro atoms. The fraction of sp³-hybridized carbons (Fsp3) is 0.316. The molecule has 5 nitrogen and oxygen atoms in total. The topological polar surface area (TPSA) is 66.5 Å². The number of sulfonamides is 1. The maximum atomic E-state index is 12.7. The first-order valence-electron chi connectivity index (χ1n) is 8.73. The number of nitrogens with one attached hydrogen (secondary N) is 1. The van der Waals surface area contributed by atoms with Crippen molar-refractivity contribution in [2.75, 3.05) is 18.4 Å². The Labute approximate surface area is 183 Å². The van der Waals surface area contributed by atoms with E-state index in [0.717, 1.165) is 4.47 Å². The summed E-state index contributed by atoms with van der Waals surface area (Å²) >= 11 is 15.2. The van der Waals surface area contributed by atoms with E-state index in [2.05, 4.69) is 21.2 Å². The lowest BCUT2D eigenvalue weighted by Crippen LogP contribution is -2.41. The van der Waals surface area contributed by atoms with Crippen LogP contribution in [-0.2, 0) is 20.6 Å². The van der Waals surface area contributed by atoms with Gasteiger partial charge in [0.05, 0.1) is 15.8 Å². The van der Waals surface area contributed by atoms with Crippen LogP contribution in [-0.4, -0.2) is 31.7 Å². The highest BCUT2D eigenvalue weighted by atomic mass is 79.9. The number of hydrogen-bond acceptors (Lipinski definition) is 3. The highest BCUT2D eigenvalue weighted by molar-refractivity contribution is 9.10. The molecule has 1 heterocycles. The van der Waals surface area contributed by atoms with Crippen LogP contribution in [0.15, 0.2) is 46.9 Å². The molecular weight excluding hydrogens is 487 g/mol. The van der Waals surface area contributed by atoms with E-state index in [9.17, 15) is 13.2 Å². The van der Waals surface area contributed by atoms with E-state index < -0.39 is 10.0 Å². The molecule has 0 atom stereocenters. The molecule has 0 bridgehead atoms. The molecule has 0 aliphatic carbocycles. The fourth-order valence-corrected chi connectivity index (χ4v) is 5.41. The minimum absolute atomic E-state index is 0.0837. The van der Waals surface area contributed by atoms with Crippen LogP contribution in [0.3, 0.4) is 0 Å². The Morgan fingerprint density at radius 3 is 2.46 bits per heavy atom. The monoisotopic (exact) mass is 504 g/mol. The van der Waals surface area contributed by atoms with Gasteiger partial charge in [-0.3, -0.25) is 4.79 Å². The third kappa shape index (κ3) is 5.48. The van der Waals surface area contributed by atoms with Crippen molar-refractivity contribution in [2.24, 2.45) is 5.92 Å². The quantitative estimate of drug-likeness (QED) is 0.626. The summed E-state index contributed by atoms with van der Waals surface area (Å²) in [6, 6.07) is 12.2. The first-order valence-corrected chi connectivity index (χ1v) is 11.9. The van der Waals surface area contributed by atoms with Gasteiger partial charge in [-0.1, -0.05) is 51.3 Å². The third-order valence-corrected chi connectivity index (χ3v) is 7.73. The summed E-state index contributed by atoms with van der Waals surface area (Å²) in [5.41, 5.74) is 1.30. The molecule has 1 amide bonds. The van der Waals surface area contributed by atoms with Gasteiger partial charge in [0.2, 0.25) is 15.9 Å². The zero-order valence-electron chi connectivity index (χ0n) is 14.9. The van der Waals surface area contributed by atoms with Crippen molar-refractivity contribution in [3.63, 3.8) is 0 Å². The number of piperidine rings is 1. The summed E-state index contributed by atoms with van der Waals surface area (Å²) in [5, 5.41) is 3.61. The second-order valence-electron chi connectivity index (χ2n) is 6.68. The van der Waals surface area contributed by atoms with Crippen molar-refractivity contribution in [3.05, 3.63) is 62.5 Å². The van der Waals surface area contributed by atoms with Gasteiger partial charge in [0.25, 0.3) is 0 Å². The van der Waals surface area contributed by atoms with E-state index in [4.69, 9.17) is 23.2 Å². The Kier molecular flexibility index (Phi) is 7.04. The molecule has 1 aliphatic heterocycles. The molecule has 9 heteroatoms. The summed E-state index contributed by atoms with van der Waals surface area (Å²) in [7, 11) is -3.49. The molecular formula is C19H19BrCl2N2O3S. The van der Waals surface area contributed by atoms with Gasteiger partial charge in [-0.05, 0) is 48.7 Å². The van der Waals surface area contributed by atoms with E-state index in [1.807, 2.05) is 24.3 Å². The number of halogens is 3. The molecule has 2 aromatic carbocycles. The number of amides is 1. The van der Waals surface area contributed by atoms with Gasteiger partial charge in [0.15, 0.2) is 0 Å². The normalized spacial score (nSPS) is 16.1. The van der Waals surface area contributed by atoms with E-state index in [0.29, 0.717) is 47.2 Å². The number of benzene rings is 2. The van der Waals surface area contributed by atoms with Crippen LogP contribution < -0.4 is 5.32 Å². The number of hydrogen-bond donors (Lipinski definition) is 1. The van der Waals surface area contributed by atoms with E-state index in [1.54, 1.807) is 18.2 Å². The maximum absolute atomic E-state index is 12.7. The molecule has 150 valence electrons. The summed E-state index contributed by atoms with van der Waals surface area (Å²) in [5.74, 6) is -0.436. The Bertz CT molecular complexity index is 977. The number of rotatable bonds is 5. The molecule has 0 unspecified atom stereocenters. The lowest BCUT2D eigenvalue weighted by atomic mass is 9.97. The fourth-order valence-electron chi connectivity index (χ4n) is 3.14. The minimum Gasteiger partial charge on any atom is -0.326 e. The van der Waals surface area contributed by atoms with Gasteiger partial charge in [0.1, 0.15) is 0 Å². The smallest absolute Gasteiger partial charge is 0.227 e. The van der Waals surface area contributed by atoms with Crippen molar-refractivity contribution < 1.29 is 13.2 Å². The Morgan fingerprint density at radius 2 is 1.82 bits per heavy atom. The molecule has 1 aliphatic rings. The second kappa shape index (κ2) is 9.13. The zero-order valence-corrected chi connectivity index (χ0v) is 18.8. The Morgan fingerprint density at radius 1 is 1.11 bits per heavy atom. The highest BCUT2D eigenvalue weighted by Crippen LogP contribution is 2.26. The SMILES string of the molecule is O=C(Nc1cccc(Br)c1)C1CCN(S(=O)(=O)Cc2ccc(Cl)c(Cl)c2)CC1. The third-order valence-electron chi connectivity index (χ3n) is 4.64. The standard InChI is InChI=1S/C19H19BrCl2N2O3S/c20-15-2-1-3-16(11-15)23-19(25)14-6-8-24(9-7-14)28(26,27)12-13-4-5-17(21)18(22)10-13/h1-5,10-11,14H,6-9,12H2,(H,23,25). The zero-order chi connectivity index (χ0) is 20.3. The van der Waals surface area contributed by atoms with Gasteiger partial charge < -0.3 is 5.32 Å². The van der Waals surface area contributed by atoms with Crippen LogP contribution in [0.4, 0.5) is 5.69 Å². The van der Waals surface area contributed by atoms with Crippen molar-refractivity contribution in [1.29, 1.82) is 0 Å². The number of carbonyl (C=O) groups excluding carboxylic acids is 1. The van der Waals surface area contributed by atoms with Gasteiger partial charge in [-0.15, -0.1) is 0 Å². The summed E-state index contributed by atoms with van der Waals surface area (Å²) in [6.45, 7) is 0.639. The largest absolute Gasteiger partial charge is 0.326 e. The van der Waals surface area contributed by atoms with E-state index in [1.165, 1.54) is 4.31 Å². The van der Waals surface area contributed by atoms with E-state index >= 15 is 0 Å². The number of anilines is 1. The van der Waals surface area contributed by atoms with Crippen LogP contribution in [0.1, 0.15) is 18.4 Å². The first kappa shape index (κ1) is 21.6. The van der Waals surface area contributed by atoms with Gasteiger partial charge in [-0.25, -0.2) is 12.7 Å². The average molecular weight is 506 g/mol. The van der Waals surface area contributed by atoms with Crippen LogP contribution in [0.5, 0.6) is 0 Å². The Hall–Kier alpha value is -1.12. The van der Waals surface area contributed by atoms with Crippen LogP contribution in [0.2, 0.25) is 10.0 Å². The van der Waals surface area contributed by atoms with Crippen LogP contribution in [0, 0.1) is 5.92 Å². The lowest BCUT2D eigenvalue weighted by Gasteiger charge is -2.30. The molecule has 2 aromatic rings.